The molecule has 0 bridgehead atoms. The van der Waals surface area contributed by atoms with E-state index in [4.69, 9.17) is 34.2 Å². The molecule has 3 rings (SSSR count). The van der Waals surface area contributed by atoms with Gasteiger partial charge < -0.3 is 95.9 Å². The molecule has 0 saturated carbocycles. The highest BCUT2D eigenvalue weighted by atomic mass is 16.8. The highest BCUT2D eigenvalue weighted by Crippen LogP contribution is 2.35. The Morgan fingerprint density at radius 3 is 2.08 bits per heavy atom. The molecule has 2 amide bonds. The molecular formula is C28H49N3O19. The first-order valence-corrected chi connectivity index (χ1v) is 15.9. The number of aliphatic hydroxyl groups excluding tert-OH is 9. The SMILES string of the molecule is CC(=O)NC1[C@H](OCCCN)OC(CO)[C@H](O[C@@H]2OC(CO[C@]3(C(=O)O)C[C@H](O)[C@@H](NC(C)=O)C(C(O)C(O)CO)O3)[C@H](O)[C@H](O)C2O)[C@@H]1O. The molecule has 3 fully saturated rings. The number of amides is 2. The van der Waals surface area contributed by atoms with Crippen LogP contribution in [0.5, 0.6) is 0 Å². The lowest BCUT2D eigenvalue weighted by Crippen LogP contribution is -2.69. The van der Waals surface area contributed by atoms with Crippen LogP contribution in [0.15, 0.2) is 0 Å². The molecule has 3 saturated heterocycles. The number of nitrogens with two attached hydrogens (primary N) is 1. The zero-order chi connectivity index (χ0) is 37.5. The van der Waals surface area contributed by atoms with Gasteiger partial charge in [-0.2, -0.15) is 0 Å². The summed E-state index contributed by atoms with van der Waals surface area (Å²) >= 11 is 0. The predicted octanol–water partition coefficient (Wildman–Crippen LogP) is -7.71. The van der Waals surface area contributed by atoms with Crippen molar-refractivity contribution in [3.63, 3.8) is 0 Å². The number of carbonyl (C=O) groups excluding carboxylic acids is 2. The van der Waals surface area contributed by atoms with Gasteiger partial charge in [0.15, 0.2) is 12.6 Å². The molecule has 0 aromatic heterocycles. The van der Waals surface area contributed by atoms with Gasteiger partial charge in [-0.25, -0.2) is 4.79 Å². The summed E-state index contributed by atoms with van der Waals surface area (Å²) in [6.07, 6.45) is -23.6. The molecule has 0 radical (unpaired) electrons. The number of carboxylic acids is 1. The van der Waals surface area contributed by atoms with Crippen molar-refractivity contribution in [2.75, 3.05) is 33.0 Å². The van der Waals surface area contributed by atoms with Crippen LogP contribution in [-0.4, -0.2) is 199 Å². The fraction of sp³-hybridized carbons (Fsp3) is 0.893. The molecule has 50 heavy (non-hydrogen) atoms. The Balaban J connectivity index is 1.83. The largest absolute Gasteiger partial charge is 0.477 e. The molecule has 22 heteroatoms. The third-order valence-electron chi connectivity index (χ3n) is 8.48. The van der Waals surface area contributed by atoms with Crippen LogP contribution in [0.4, 0.5) is 0 Å². The second-order valence-electron chi connectivity index (χ2n) is 12.3. The maximum Gasteiger partial charge on any atom is 0.364 e. The van der Waals surface area contributed by atoms with Crippen LogP contribution in [0.1, 0.15) is 26.7 Å². The molecule has 0 aliphatic carbocycles. The van der Waals surface area contributed by atoms with Crippen LogP contribution in [0.2, 0.25) is 0 Å². The monoisotopic (exact) mass is 731 g/mol. The van der Waals surface area contributed by atoms with Crippen LogP contribution in [0, 0.1) is 0 Å². The number of aliphatic carboxylic acids is 1. The number of carboxylic acid groups (broad SMARTS) is 1. The van der Waals surface area contributed by atoms with Gasteiger partial charge in [0.25, 0.3) is 5.79 Å². The van der Waals surface area contributed by atoms with Crippen molar-refractivity contribution < 1.29 is 93.9 Å². The van der Waals surface area contributed by atoms with E-state index in [-0.39, 0.29) is 13.2 Å². The molecule has 3 heterocycles. The van der Waals surface area contributed by atoms with Crippen molar-refractivity contribution in [3.05, 3.63) is 0 Å². The Bertz CT molecular complexity index is 1120. The van der Waals surface area contributed by atoms with Gasteiger partial charge in [-0.1, -0.05) is 0 Å². The summed E-state index contributed by atoms with van der Waals surface area (Å²) in [6.45, 7) is -0.200. The Morgan fingerprint density at radius 2 is 1.52 bits per heavy atom. The number of hydrogen-bond acceptors (Lipinski definition) is 19. The number of nitrogens with one attached hydrogen (secondary N) is 2. The van der Waals surface area contributed by atoms with Gasteiger partial charge in [-0.15, -0.1) is 0 Å². The van der Waals surface area contributed by atoms with E-state index in [1.165, 1.54) is 0 Å². The molecule has 3 aliphatic rings. The van der Waals surface area contributed by atoms with E-state index in [2.05, 4.69) is 10.6 Å². The van der Waals surface area contributed by atoms with E-state index >= 15 is 0 Å². The minimum atomic E-state index is -2.84. The Hall–Kier alpha value is -2.23. The second kappa shape index (κ2) is 18.5. The summed E-state index contributed by atoms with van der Waals surface area (Å²) in [4.78, 5) is 36.2. The predicted molar refractivity (Wildman–Crippen MR) is 159 cm³/mol. The van der Waals surface area contributed by atoms with Gasteiger partial charge >= 0.3 is 5.97 Å². The van der Waals surface area contributed by atoms with Crippen LogP contribution in [-0.2, 0) is 42.8 Å². The first kappa shape index (κ1) is 42.2. The number of carbonyl (C=O) groups is 3. The number of ether oxygens (including phenoxy) is 6. The number of aliphatic hydroxyl groups is 9. The normalized spacial score (nSPS) is 40.4. The summed E-state index contributed by atoms with van der Waals surface area (Å²) in [5.74, 6) is -6.02. The summed E-state index contributed by atoms with van der Waals surface area (Å²) < 4.78 is 33.7. The molecule has 0 aromatic rings. The highest BCUT2D eigenvalue weighted by Gasteiger charge is 2.57. The van der Waals surface area contributed by atoms with Crippen molar-refractivity contribution in [3.8, 4) is 0 Å². The zero-order valence-corrected chi connectivity index (χ0v) is 27.3. The first-order chi connectivity index (χ1) is 23.5. The van der Waals surface area contributed by atoms with Crippen molar-refractivity contribution in [2.45, 2.75) is 124 Å². The molecule has 22 nitrogen and oxygen atoms in total. The third kappa shape index (κ3) is 9.80. The maximum absolute atomic E-state index is 12.5. The van der Waals surface area contributed by atoms with Crippen molar-refractivity contribution >= 4 is 17.8 Å². The molecule has 0 aromatic carbocycles. The minimum Gasteiger partial charge on any atom is -0.477 e. The lowest BCUT2D eigenvalue weighted by Gasteiger charge is -2.48. The number of rotatable bonds is 16. The van der Waals surface area contributed by atoms with Gasteiger partial charge in [0.2, 0.25) is 11.8 Å². The van der Waals surface area contributed by atoms with Crippen molar-refractivity contribution in [1.82, 2.24) is 10.6 Å². The van der Waals surface area contributed by atoms with Gasteiger partial charge in [-0.05, 0) is 13.0 Å². The van der Waals surface area contributed by atoms with Gasteiger partial charge in [0, 0.05) is 20.3 Å². The molecule has 14 N–H and O–H groups in total. The second-order valence-corrected chi connectivity index (χ2v) is 12.3. The fourth-order valence-corrected chi connectivity index (χ4v) is 5.86. The van der Waals surface area contributed by atoms with E-state index in [1.54, 1.807) is 0 Å². The average Bonchev–Trinajstić information content (AvgIpc) is 3.06. The smallest absolute Gasteiger partial charge is 0.364 e. The van der Waals surface area contributed by atoms with Gasteiger partial charge in [0.1, 0.15) is 67.1 Å². The quantitative estimate of drug-likeness (QED) is 0.0655. The van der Waals surface area contributed by atoms with Gasteiger partial charge in [0.05, 0.1) is 38.6 Å². The van der Waals surface area contributed by atoms with Crippen LogP contribution in [0.25, 0.3) is 0 Å². The zero-order valence-electron chi connectivity index (χ0n) is 27.3. The maximum atomic E-state index is 12.5. The summed E-state index contributed by atoms with van der Waals surface area (Å²) in [5.41, 5.74) is 5.49. The Kier molecular flexibility index (Phi) is 15.6. The minimum absolute atomic E-state index is 0.0675. The molecule has 0 spiro atoms. The van der Waals surface area contributed by atoms with Crippen molar-refractivity contribution in [2.24, 2.45) is 5.73 Å². The van der Waals surface area contributed by atoms with E-state index in [0.29, 0.717) is 6.42 Å². The lowest BCUT2D eigenvalue weighted by atomic mass is 9.88. The van der Waals surface area contributed by atoms with E-state index < -0.39 is 142 Å². The number of hydrogen-bond donors (Lipinski definition) is 13. The summed E-state index contributed by atoms with van der Waals surface area (Å²) in [5, 5.41) is 109. The standard InChI is InChI=1S/C28H49N3O19/c1-10(34)30-16-12(36)6-28(27(43)44,50-24(16)18(38)13(37)7-32)46-9-15-19(39)21(41)22(42)26(48-15)49-23-14(8-33)47-25(45-5-3-4-29)17(20(23)40)31-11(2)35/h12-26,32-33,36-42H,3-9,29H2,1-2H3,(H,30,34)(H,31,35)(H,43,44)/t12-,13?,14?,15?,16+,17?,18?,19-,20+,21-,22?,23-,24?,25+,26-,28+/m0/s1. The molecular weight excluding hydrogens is 682 g/mol. The molecule has 290 valence electrons. The summed E-state index contributed by atoms with van der Waals surface area (Å²) in [6, 6.07) is -2.76. The lowest BCUT2D eigenvalue weighted by molar-refractivity contribution is -0.360. The van der Waals surface area contributed by atoms with E-state index in [9.17, 15) is 65.4 Å². The van der Waals surface area contributed by atoms with E-state index in [0.717, 1.165) is 13.8 Å². The van der Waals surface area contributed by atoms with Gasteiger partial charge in [-0.3, -0.25) is 9.59 Å². The topological polar surface area (TPSA) is 359 Å². The Morgan fingerprint density at radius 1 is 0.900 bits per heavy atom. The third-order valence-corrected chi connectivity index (χ3v) is 8.48. The first-order valence-electron chi connectivity index (χ1n) is 15.9. The molecule has 16 atom stereocenters. The fourth-order valence-electron chi connectivity index (χ4n) is 5.86. The molecule has 3 aliphatic heterocycles. The van der Waals surface area contributed by atoms with Crippen LogP contribution < -0.4 is 16.4 Å². The summed E-state index contributed by atoms with van der Waals surface area (Å²) in [7, 11) is 0. The molecule has 7 unspecified atom stereocenters. The van der Waals surface area contributed by atoms with Crippen LogP contribution in [0.3, 0.4) is 0 Å². The highest BCUT2D eigenvalue weighted by molar-refractivity contribution is 5.76. The average molecular weight is 732 g/mol. The van der Waals surface area contributed by atoms with E-state index in [1.807, 2.05) is 0 Å². The van der Waals surface area contributed by atoms with Crippen LogP contribution >= 0.6 is 0 Å². The van der Waals surface area contributed by atoms with Crippen molar-refractivity contribution in [1.29, 1.82) is 0 Å². The Labute approximate surface area is 285 Å².